The zero-order valence-corrected chi connectivity index (χ0v) is 10.2. The smallest absolute Gasteiger partial charge is 0.334 e. The van der Waals surface area contributed by atoms with E-state index in [1.54, 1.807) is 0 Å². The van der Waals surface area contributed by atoms with Crippen LogP contribution in [-0.4, -0.2) is 24.3 Å². The highest BCUT2D eigenvalue weighted by molar-refractivity contribution is 5.83. The second kappa shape index (κ2) is 5.69. The van der Waals surface area contributed by atoms with Gasteiger partial charge in [0, 0.05) is 12.8 Å². The number of carbonyl (C=O) groups is 1. The summed E-state index contributed by atoms with van der Waals surface area (Å²) in [5.74, 6) is 0.180. The minimum atomic E-state index is -0.639. The number of esters is 1. The SMILES string of the molecule is COC1=CC(=O)O[C@H](C[C@H](O)c2ccccc2)C1. The summed E-state index contributed by atoms with van der Waals surface area (Å²) in [7, 11) is 1.52. The highest BCUT2D eigenvalue weighted by Crippen LogP contribution is 2.25. The monoisotopic (exact) mass is 248 g/mol. The van der Waals surface area contributed by atoms with Crippen LogP contribution in [0.4, 0.5) is 0 Å². The van der Waals surface area contributed by atoms with E-state index in [1.165, 1.54) is 13.2 Å². The number of hydrogen-bond donors (Lipinski definition) is 1. The maximum absolute atomic E-state index is 11.3. The van der Waals surface area contributed by atoms with Crippen molar-refractivity contribution in [3.63, 3.8) is 0 Å². The van der Waals surface area contributed by atoms with E-state index in [2.05, 4.69) is 0 Å². The lowest BCUT2D eigenvalue weighted by molar-refractivity contribution is -0.146. The summed E-state index contributed by atoms with van der Waals surface area (Å²) < 4.78 is 10.2. The van der Waals surface area contributed by atoms with Gasteiger partial charge in [-0.1, -0.05) is 30.3 Å². The first-order valence-electron chi connectivity index (χ1n) is 5.87. The minimum absolute atomic E-state index is 0.340. The van der Waals surface area contributed by atoms with Crippen molar-refractivity contribution in [2.24, 2.45) is 0 Å². The molecule has 4 heteroatoms. The van der Waals surface area contributed by atoms with Crippen molar-refractivity contribution in [2.45, 2.75) is 25.0 Å². The number of methoxy groups -OCH3 is 1. The Morgan fingerprint density at radius 2 is 2.17 bits per heavy atom. The molecule has 18 heavy (non-hydrogen) atoms. The highest BCUT2D eigenvalue weighted by atomic mass is 16.6. The van der Waals surface area contributed by atoms with Gasteiger partial charge in [-0.15, -0.1) is 0 Å². The normalized spacial score (nSPS) is 20.9. The molecule has 0 spiro atoms. The number of cyclic esters (lactones) is 1. The average molecular weight is 248 g/mol. The van der Waals surface area contributed by atoms with E-state index < -0.39 is 12.1 Å². The van der Waals surface area contributed by atoms with Gasteiger partial charge in [-0.3, -0.25) is 0 Å². The van der Waals surface area contributed by atoms with Gasteiger partial charge in [-0.2, -0.15) is 0 Å². The molecule has 4 nitrogen and oxygen atoms in total. The molecule has 0 amide bonds. The number of ether oxygens (including phenoxy) is 2. The van der Waals surface area contributed by atoms with Gasteiger partial charge in [-0.25, -0.2) is 4.79 Å². The third-order valence-corrected chi connectivity index (χ3v) is 2.92. The Kier molecular flexibility index (Phi) is 3.99. The van der Waals surface area contributed by atoms with Gasteiger partial charge in [0.25, 0.3) is 0 Å². The quantitative estimate of drug-likeness (QED) is 0.827. The van der Waals surface area contributed by atoms with Crippen LogP contribution in [0.1, 0.15) is 24.5 Å². The zero-order chi connectivity index (χ0) is 13.0. The number of benzene rings is 1. The first kappa shape index (κ1) is 12.6. The molecule has 0 bridgehead atoms. The molecule has 1 aromatic carbocycles. The molecule has 96 valence electrons. The molecule has 0 aromatic heterocycles. The molecule has 0 fully saturated rings. The van der Waals surface area contributed by atoms with Gasteiger partial charge in [-0.05, 0) is 5.56 Å². The maximum atomic E-state index is 11.3. The van der Waals surface area contributed by atoms with Crippen molar-refractivity contribution in [1.29, 1.82) is 0 Å². The molecule has 1 aromatic rings. The van der Waals surface area contributed by atoms with E-state index in [-0.39, 0.29) is 6.10 Å². The predicted molar refractivity (Wildman–Crippen MR) is 65.6 cm³/mol. The number of carbonyl (C=O) groups excluding carboxylic acids is 1. The van der Waals surface area contributed by atoms with Gasteiger partial charge < -0.3 is 14.6 Å². The Balaban J connectivity index is 1.98. The largest absolute Gasteiger partial charge is 0.501 e. The standard InChI is InChI=1S/C14H16O4/c1-17-11-7-12(18-14(16)9-11)8-13(15)10-5-3-2-4-6-10/h2-6,9,12-13,15H,7-8H2,1H3/t12-,13-/m0/s1. The first-order valence-corrected chi connectivity index (χ1v) is 5.87. The fourth-order valence-corrected chi connectivity index (χ4v) is 1.99. The van der Waals surface area contributed by atoms with Gasteiger partial charge in [0.05, 0.1) is 19.3 Å². The summed E-state index contributed by atoms with van der Waals surface area (Å²) >= 11 is 0. The molecule has 0 saturated carbocycles. The molecular weight excluding hydrogens is 232 g/mol. The van der Waals surface area contributed by atoms with E-state index in [4.69, 9.17) is 9.47 Å². The molecule has 2 rings (SSSR count). The van der Waals surface area contributed by atoms with Crippen LogP contribution >= 0.6 is 0 Å². The van der Waals surface area contributed by atoms with Crippen molar-refractivity contribution < 1.29 is 19.4 Å². The second-order valence-electron chi connectivity index (χ2n) is 4.24. The molecule has 1 aliphatic heterocycles. The van der Waals surface area contributed by atoms with E-state index in [0.29, 0.717) is 18.6 Å². The average Bonchev–Trinajstić information content (AvgIpc) is 2.39. The van der Waals surface area contributed by atoms with Crippen LogP contribution in [0.15, 0.2) is 42.2 Å². The number of hydrogen-bond acceptors (Lipinski definition) is 4. The molecule has 0 unspecified atom stereocenters. The van der Waals surface area contributed by atoms with Gasteiger partial charge in [0.1, 0.15) is 11.9 Å². The Morgan fingerprint density at radius 3 is 2.83 bits per heavy atom. The Labute approximate surface area is 106 Å². The van der Waals surface area contributed by atoms with Crippen LogP contribution in [0.25, 0.3) is 0 Å². The topological polar surface area (TPSA) is 55.8 Å². The Hall–Kier alpha value is -1.81. The van der Waals surface area contributed by atoms with Crippen LogP contribution < -0.4 is 0 Å². The van der Waals surface area contributed by atoms with Gasteiger partial charge >= 0.3 is 5.97 Å². The summed E-state index contributed by atoms with van der Waals surface area (Å²) in [6.07, 6.45) is 1.24. The lowest BCUT2D eigenvalue weighted by Crippen LogP contribution is -2.25. The van der Waals surface area contributed by atoms with Gasteiger partial charge in [0.15, 0.2) is 0 Å². The van der Waals surface area contributed by atoms with E-state index >= 15 is 0 Å². The molecule has 1 heterocycles. The van der Waals surface area contributed by atoms with Crippen LogP contribution in [0.5, 0.6) is 0 Å². The summed E-state index contributed by atoms with van der Waals surface area (Å²) in [5.41, 5.74) is 0.821. The van der Waals surface area contributed by atoms with E-state index in [0.717, 1.165) is 5.56 Å². The number of aliphatic hydroxyl groups is 1. The van der Waals surface area contributed by atoms with Crippen molar-refractivity contribution in [2.75, 3.05) is 7.11 Å². The summed E-state index contributed by atoms with van der Waals surface area (Å²) in [4.78, 5) is 11.3. The van der Waals surface area contributed by atoms with Crippen LogP contribution in [0.3, 0.4) is 0 Å². The summed E-state index contributed by atoms with van der Waals surface area (Å²) in [6.45, 7) is 0. The molecule has 2 atom stereocenters. The molecule has 0 saturated heterocycles. The van der Waals surface area contributed by atoms with Crippen molar-refractivity contribution in [3.8, 4) is 0 Å². The van der Waals surface area contributed by atoms with Crippen LogP contribution in [-0.2, 0) is 14.3 Å². The first-order chi connectivity index (χ1) is 8.69. The second-order valence-corrected chi connectivity index (χ2v) is 4.24. The molecular formula is C14H16O4. The van der Waals surface area contributed by atoms with E-state index in [9.17, 15) is 9.90 Å². The summed E-state index contributed by atoms with van der Waals surface area (Å²) in [6, 6.07) is 9.32. The third kappa shape index (κ3) is 3.11. The Bertz CT molecular complexity index is 438. The van der Waals surface area contributed by atoms with Crippen molar-refractivity contribution in [3.05, 3.63) is 47.7 Å². The lowest BCUT2D eigenvalue weighted by Gasteiger charge is -2.24. The Morgan fingerprint density at radius 1 is 1.44 bits per heavy atom. The van der Waals surface area contributed by atoms with Crippen LogP contribution in [0, 0.1) is 0 Å². The molecule has 0 aliphatic carbocycles. The number of rotatable bonds is 4. The molecule has 0 radical (unpaired) electrons. The van der Waals surface area contributed by atoms with Crippen molar-refractivity contribution >= 4 is 5.97 Å². The number of aliphatic hydroxyl groups excluding tert-OH is 1. The molecule has 1 N–H and O–H groups in total. The molecule has 1 aliphatic rings. The van der Waals surface area contributed by atoms with Crippen LogP contribution in [0.2, 0.25) is 0 Å². The highest BCUT2D eigenvalue weighted by Gasteiger charge is 2.25. The van der Waals surface area contributed by atoms with E-state index in [1.807, 2.05) is 30.3 Å². The fourth-order valence-electron chi connectivity index (χ4n) is 1.99. The fraction of sp³-hybridized carbons (Fsp3) is 0.357. The van der Waals surface area contributed by atoms with Gasteiger partial charge in [0.2, 0.25) is 0 Å². The predicted octanol–water partition coefficient (Wildman–Crippen LogP) is 1.96. The minimum Gasteiger partial charge on any atom is -0.501 e. The lowest BCUT2D eigenvalue weighted by atomic mass is 10.0. The maximum Gasteiger partial charge on any atom is 0.334 e. The zero-order valence-electron chi connectivity index (χ0n) is 10.2. The summed E-state index contributed by atoms with van der Waals surface area (Å²) in [5, 5.41) is 10.1. The van der Waals surface area contributed by atoms with Crippen molar-refractivity contribution in [1.82, 2.24) is 0 Å². The third-order valence-electron chi connectivity index (χ3n) is 2.92.